The summed E-state index contributed by atoms with van der Waals surface area (Å²) in [5, 5.41) is 2.99. The van der Waals surface area contributed by atoms with Crippen LogP contribution in [0.5, 0.6) is 0 Å². The van der Waals surface area contributed by atoms with Crippen LogP contribution in [0.2, 0.25) is 0 Å². The maximum atomic E-state index is 12.3. The van der Waals surface area contributed by atoms with Crippen molar-refractivity contribution in [3.8, 4) is 0 Å². The molecule has 1 amide bonds. The Kier molecular flexibility index (Phi) is 5.47. The molecule has 112 valence electrons. The van der Waals surface area contributed by atoms with Gasteiger partial charge >= 0.3 is 0 Å². The lowest BCUT2D eigenvalue weighted by Crippen LogP contribution is -2.34. The molecular weight excluding hydrogens is 284 g/mol. The average molecular weight is 304 g/mol. The number of nitrogens with one attached hydrogen (secondary N) is 1. The van der Waals surface area contributed by atoms with Gasteiger partial charge in [0.15, 0.2) is 0 Å². The van der Waals surface area contributed by atoms with E-state index in [9.17, 15) is 4.79 Å². The molecule has 0 saturated carbocycles. The number of hydrogen-bond donors (Lipinski definition) is 1. The maximum absolute atomic E-state index is 12.3. The lowest BCUT2D eigenvalue weighted by atomic mass is 10.1. The molecule has 0 spiro atoms. The van der Waals surface area contributed by atoms with Gasteiger partial charge in [-0.15, -0.1) is 11.8 Å². The van der Waals surface area contributed by atoms with Gasteiger partial charge in [0.2, 0.25) is 0 Å². The van der Waals surface area contributed by atoms with Crippen molar-refractivity contribution in [3.05, 3.63) is 54.0 Å². The number of likely N-dealkylation sites (N-methyl/N-ethyl adjacent to an activating group) is 1. The van der Waals surface area contributed by atoms with E-state index < -0.39 is 0 Å². The molecule has 4 nitrogen and oxygen atoms in total. The molecule has 1 aromatic carbocycles. The summed E-state index contributed by atoms with van der Waals surface area (Å²) >= 11 is 1.57. The molecule has 0 radical (unpaired) electrons. The van der Waals surface area contributed by atoms with Gasteiger partial charge in [-0.3, -0.25) is 9.69 Å². The van der Waals surface area contributed by atoms with Gasteiger partial charge in [-0.05, 0) is 44.6 Å². The van der Waals surface area contributed by atoms with E-state index in [0.29, 0.717) is 12.1 Å². The maximum Gasteiger partial charge on any atom is 0.252 e. The van der Waals surface area contributed by atoms with Crippen LogP contribution in [0.1, 0.15) is 22.2 Å². The van der Waals surface area contributed by atoms with Gasteiger partial charge in [-0.25, -0.2) is 0 Å². The van der Waals surface area contributed by atoms with Crippen LogP contribution in [0.3, 0.4) is 0 Å². The van der Waals surface area contributed by atoms with Crippen LogP contribution in [-0.2, 0) is 0 Å². The second kappa shape index (κ2) is 7.33. The van der Waals surface area contributed by atoms with Crippen molar-refractivity contribution < 1.29 is 9.21 Å². The smallest absolute Gasteiger partial charge is 0.252 e. The Hall–Kier alpha value is -1.72. The van der Waals surface area contributed by atoms with E-state index in [1.807, 2.05) is 61.6 Å². The summed E-state index contributed by atoms with van der Waals surface area (Å²) in [6, 6.07) is 11.4. The SMILES string of the molecule is CSc1ccccc1C(=O)NC[C@H](c1ccco1)N(C)C. The lowest BCUT2D eigenvalue weighted by Gasteiger charge is -2.22. The number of furan rings is 1. The minimum atomic E-state index is -0.0571. The monoisotopic (exact) mass is 304 g/mol. The molecule has 0 saturated heterocycles. The molecule has 0 bridgehead atoms. The molecule has 0 aliphatic rings. The fraction of sp³-hybridized carbons (Fsp3) is 0.312. The highest BCUT2D eigenvalue weighted by Crippen LogP contribution is 2.21. The summed E-state index contributed by atoms with van der Waals surface area (Å²) < 4.78 is 5.44. The van der Waals surface area contributed by atoms with Crippen molar-refractivity contribution in [1.29, 1.82) is 0 Å². The molecule has 1 aromatic heterocycles. The third-order valence-corrected chi connectivity index (χ3v) is 4.10. The number of amides is 1. The summed E-state index contributed by atoms with van der Waals surface area (Å²) in [6.07, 6.45) is 3.62. The zero-order chi connectivity index (χ0) is 15.2. The third kappa shape index (κ3) is 3.89. The number of carbonyl (C=O) groups is 1. The van der Waals surface area contributed by atoms with Crippen molar-refractivity contribution in [1.82, 2.24) is 10.2 Å². The molecule has 1 atom stereocenters. The third-order valence-electron chi connectivity index (χ3n) is 3.30. The number of carbonyl (C=O) groups excluding carboxylic acids is 1. The average Bonchev–Trinajstić information content (AvgIpc) is 3.01. The van der Waals surface area contributed by atoms with Crippen LogP contribution in [-0.4, -0.2) is 37.7 Å². The molecule has 0 aliphatic heterocycles. The molecule has 1 heterocycles. The second-order valence-corrected chi connectivity index (χ2v) is 5.75. The molecule has 0 aliphatic carbocycles. The molecule has 0 unspecified atom stereocenters. The van der Waals surface area contributed by atoms with Gasteiger partial charge < -0.3 is 9.73 Å². The summed E-state index contributed by atoms with van der Waals surface area (Å²) in [6.45, 7) is 0.502. The Morgan fingerprint density at radius 2 is 2.05 bits per heavy atom. The van der Waals surface area contributed by atoms with Crippen LogP contribution >= 0.6 is 11.8 Å². The first-order valence-electron chi connectivity index (χ1n) is 6.74. The molecule has 2 rings (SSSR count). The zero-order valence-corrected chi connectivity index (χ0v) is 13.3. The van der Waals surface area contributed by atoms with Crippen LogP contribution in [0, 0.1) is 0 Å². The minimum absolute atomic E-state index is 0.0189. The highest BCUT2D eigenvalue weighted by molar-refractivity contribution is 7.98. The number of nitrogens with zero attached hydrogens (tertiary/aromatic N) is 1. The van der Waals surface area contributed by atoms with Crippen molar-refractivity contribution in [2.45, 2.75) is 10.9 Å². The van der Waals surface area contributed by atoms with E-state index in [2.05, 4.69) is 5.32 Å². The predicted molar refractivity (Wildman–Crippen MR) is 85.7 cm³/mol. The van der Waals surface area contributed by atoms with Crippen molar-refractivity contribution >= 4 is 17.7 Å². The highest BCUT2D eigenvalue weighted by Gasteiger charge is 2.19. The number of thioether (sulfide) groups is 1. The van der Waals surface area contributed by atoms with E-state index in [4.69, 9.17) is 4.42 Å². The fourth-order valence-corrected chi connectivity index (χ4v) is 2.73. The van der Waals surface area contributed by atoms with Gasteiger partial charge in [0, 0.05) is 11.4 Å². The van der Waals surface area contributed by atoms with Gasteiger partial charge in [0.1, 0.15) is 5.76 Å². The van der Waals surface area contributed by atoms with Crippen molar-refractivity contribution in [2.24, 2.45) is 0 Å². The van der Waals surface area contributed by atoms with E-state index >= 15 is 0 Å². The Labute approximate surface area is 129 Å². The predicted octanol–water partition coefficient (Wildman–Crippen LogP) is 3.03. The summed E-state index contributed by atoms with van der Waals surface area (Å²) in [5.41, 5.74) is 0.710. The Morgan fingerprint density at radius 1 is 1.29 bits per heavy atom. The standard InChI is InChI=1S/C16H20N2O2S/c1-18(2)13(14-8-6-10-20-14)11-17-16(19)12-7-4-5-9-15(12)21-3/h4-10,13H,11H2,1-3H3,(H,17,19)/t13-/m1/s1. The Morgan fingerprint density at radius 3 is 2.67 bits per heavy atom. The quantitative estimate of drug-likeness (QED) is 0.833. The van der Waals surface area contributed by atoms with Crippen LogP contribution in [0.15, 0.2) is 52.0 Å². The molecule has 2 aromatic rings. The van der Waals surface area contributed by atoms with Crippen LogP contribution in [0.25, 0.3) is 0 Å². The molecule has 0 fully saturated rings. The fourth-order valence-electron chi connectivity index (χ4n) is 2.14. The minimum Gasteiger partial charge on any atom is -0.468 e. The largest absolute Gasteiger partial charge is 0.468 e. The van der Waals surface area contributed by atoms with Crippen LogP contribution < -0.4 is 5.32 Å². The van der Waals surface area contributed by atoms with Gasteiger partial charge in [-0.1, -0.05) is 12.1 Å². The van der Waals surface area contributed by atoms with E-state index in [1.165, 1.54) is 0 Å². The first-order valence-corrected chi connectivity index (χ1v) is 7.97. The molecule has 21 heavy (non-hydrogen) atoms. The van der Waals surface area contributed by atoms with Crippen molar-refractivity contribution in [3.63, 3.8) is 0 Å². The number of rotatable bonds is 6. The molecule has 5 heteroatoms. The number of hydrogen-bond acceptors (Lipinski definition) is 4. The Bertz CT molecular complexity index is 582. The zero-order valence-electron chi connectivity index (χ0n) is 12.5. The first kappa shape index (κ1) is 15.7. The lowest BCUT2D eigenvalue weighted by molar-refractivity contribution is 0.0936. The summed E-state index contributed by atoms with van der Waals surface area (Å²) in [7, 11) is 3.93. The van der Waals surface area contributed by atoms with E-state index in [0.717, 1.165) is 10.7 Å². The van der Waals surface area contributed by atoms with Gasteiger partial charge in [0.05, 0.1) is 17.9 Å². The van der Waals surface area contributed by atoms with Crippen molar-refractivity contribution in [2.75, 3.05) is 26.9 Å². The normalized spacial score (nSPS) is 12.4. The number of benzene rings is 1. The molecule has 1 N–H and O–H groups in total. The molecular formula is C16H20N2O2S. The van der Waals surface area contributed by atoms with Gasteiger partial charge in [0.25, 0.3) is 5.91 Å². The first-order chi connectivity index (χ1) is 10.1. The summed E-state index contributed by atoms with van der Waals surface area (Å²) in [4.78, 5) is 15.4. The Balaban J connectivity index is 2.06. The van der Waals surface area contributed by atoms with E-state index in [-0.39, 0.29) is 11.9 Å². The van der Waals surface area contributed by atoms with Crippen LogP contribution in [0.4, 0.5) is 0 Å². The topological polar surface area (TPSA) is 45.5 Å². The second-order valence-electron chi connectivity index (χ2n) is 4.91. The van der Waals surface area contributed by atoms with Gasteiger partial charge in [-0.2, -0.15) is 0 Å². The summed E-state index contributed by atoms with van der Waals surface area (Å²) in [5.74, 6) is 0.789. The van der Waals surface area contributed by atoms with E-state index in [1.54, 1.807) is 18.0 Å². The highest BCUT2D eigenvalue weighted by atomic mass is 32.2.